The normalized spacial score (nSPS) is 12.2. The lowest BCUT2D eigenvalue weighted by Crippen LogP contribution is -2.26. The van der Waals surface area contributed by atoms with Crippen molar-refractivity contribution in [1.29, 1.82) is 0 Å². The number of rotatable bonds is 7. The summed E-state index contributed by atoms with van der Waals surface area (Å²) in [5.41, 5.74) is 0.784. The Labute approximate surface area is 118 Å². The van der Waals surface area contributed by atoms with Gasteiger partial charge >= 0.3 is 5.97 Å². The number of hydrogen-bond acceptors (Lipinski definition) is 6. The number of esters is 1. The van der Waals surface area contributed by atoms with Gasteiger partial charge in [0.15, 0.2) is 17.6 Å². The Morgan fingerprint density at radius 1 is 1.35 bits per heavy atom. The van der Waals surface area contributed by atoms with Crippen LogP contribution in [0.5, 0.6) is 11.5 Å². The molecule has 0 aliphatic carbocycles. The predicted molar refractivity (Wildman–Crippen MR) is 76.1 cm³/mol. The minimum absolute atomic E-state index is 0.316. The Hall–Kier alpha value is -2.24. The third-order valence-corrected chi connectivity index (χ3v) is 2.41. The molecule has 1 rings (SSSR count). The molecule has 0 heterocycles. The lowest BCUT2D eigenvalue weighted by Gasteiger charge is -2.16. The third kappa shape index (κ3) is 4.46. The fraction of sp³-hybridized carbons (Fsp3) is 0.429. The summed E-state index contributed by atoms with van der Waals surface area (Å²) in [6.07, 6.45) is 0.796. The molecular formula is C14H20N2O4. The van der Waals surface area contributed by atoms with Crippen molar-refractivity contribution >= 4 is 12.2 Å². The zero-order chi connectivity index (χ0) is 15.0. The zero-order valence-corrected chi connectivity index (χ0v) is 12.0. The average Bonchev–Trinajstić information content (AvgIpc) is 2.42. The summed E-state index contributed by atoms with van der Waals surface area (Å²) in [5.74, 6) is 5.70. The Morgan fingerprint density at radius 2 is 2.10 bits per heavy atom. The minimum Gasteiger partial charge on any atom is -0.490 e. The highest BCUT2D eigenvalue weighted by Crippen LogP contribution is 2.29. The van der Waals surface area contributed by atoms with Gasteiger partial charge in [-0.05, 0) is 44.5 Å². The van der Waals surface area contributed by atoms with E-state index in [2.05, 4.69) is 5.10 Å². The maximum Gasteiger partial charge on any atom is 0.347 e. The van der Waals surface area contributed by atoms with Crippen molar-refractivity contribution < 1.29 is 19.0 Å². The van der Waals surface area contributed by atoms with E-state index < -0.39 is 12.1 Å². The van der Waals surface area contributed by atoms with Gasteiger partial charge in [0.25, 0.3) is 0 Å². The third-order valence-electron chi connectivity index (χ3n) is 2.41. The van der Waals surface area contributed by atoms with Crippen LogP contribution in [0, 0.1) is 0 Å². The Kier molecular flexibility index (Phi) is 6.36. The summed E-state index contributed by atoms with van der Waals surface area (Å²) in [4.78, 5) is 11.6. The van der Waals surface area contributed by atoms with E-state index in [0.29, 0.717) is 24.7 Å². The lowest BCUT2D eigenvalue weighted by molar-refractivity contribution is -0.150. The second-order valence-electron chi connectivity index (χ2n) is 3.93. The molecule has 1 unspecified atom stereocenters. The number of carbonyl (C=O) groups excluding carboxylic acids is 1. The smallest absolute Gasteiger partial charge is 0.347 e. The first kappa shape index (κ1) is 15.8. The van der Waals surface area contributed by atoms with Crippen molar-refractivity contribution in [3.63, 3.8) is 0 Å². The van der Waals surface area contributed by atoms with E-state index in [-0.39, 0.29) is 0 Å². The van der Waals surface area contributed by atoms with Gasteiger partial charge in [-0.2, -0.15) is 5.10 Å². The SMILES string of the molecule is CCOC(=O)C(C)Oc1ccc(C=NN)cc1OCC. The molecule has 0 aliphatic heterocycles. The Balaban J connectivity index is 2.90. The lowest BCUT2D eigenvalue weighted by atomic mass is 10.2. The largest absolute Gasteiger partial charge is 0.490 e. The summed E-state index contributed by atoms with van der Waals surface area (Å²) >= 11 is 0. The van der Waals surface area contributed by atoms with Crippen LogP contribution in [-0.4, -0.2) is 31.5 Å². The van der Waals surface area contributed by atoms with E-state index in [0.717, 1.165) is 5.56 Å². The van der Waals surface area contributed by atoms with Crippen LogP contribution in [0.1, 0.15) is 26.3 Å². The maximum atomic E-state index is 11.6. The van der Waals surface area contributed by atoms with Crippen molar-refractivity contribution in [2.75, 3.05) is 13.2 Å². The number of hydrogen-bond donors (Lipinski definition) is 1. The van der Waals surface area contributed by atoms with E-state index in [1.54, 1.807) is 32.0 Å². The van der Waals surface area contributed by atoms with Crippen molar-refractivity contribution in [2.24, 2.45) is 10.9 Å². The number of hydrazone groups is 1. The van der Waals surface area contributed by atoms with Crippen molar-refractivity contribution in [2.45, 2.75) is 26.9 Å². The standard InChI is InChI=1S/C14H20N2O4/c1-4-18-13-8-11(9-16-15)6-7-12(13)20-10(3)14(17)19-5-2/h6-10H,4-5,15H2,1-3H3. The topological polar surface area (TPSA) is 83.1 Å². The van der Waals surface area contributed by atoms with Gasteiger partial charge in [-0.3, -0.25) is 0 Å². The first-order chi connectivity index (χ1) is 9.62. The van der Waals surface area contributed by atoms with E-state index >= 15 is 0 Å². The summed E-state index contributed by atoms with van der Waals surface area (Å²) < 4.78 is 16.0. The number of ether oxygens (including phenoxy) is 3. The van der Waals surface area contributed by atoms with Gasteiger partial charge in [0.1, 0.15) is 0 Å². The van der Waals surface area contributed by atoms with Crippen LogP contribution >= 0.6 is 0 Å². The second kappa shape index (κ2) is 8.04. The molecule has 0 saturated carbocycles. The van der Waals surface area contributed by atoms with Crippen LogP contribution in [0.15, 0.2) is 23.3 Å². The molecule has 6 heteroatoms. The van der Waals surface area contributed by atoms with Gasteiger partial charge in [0.2, 0.25) is 0 Å². The minimum atomic E-state index is -0.705. The highest BCUT2D eigenvalue weighted by molar-refractivity contribution is 5.80. The summed E-state index contributed by atoms with van der Waals surface area (Å²) in [6, 6.07) is 5.22. The van der Waals surface area contributed by atoms with Crippen LogP contribution in [0.25, 0.3) is 0 Å². The molecule has 0 radical (unpaired) electrons. The van der Waals surface area contributed by atoms with Crippen molar-refractivity contribution in [3.05, 3.63) is 23.8 Å². The summed E-state index contributed by atoms with van der Waals surface area (Å²) in [5, 5.41) is 3.45. The predicted octanol–water partition coefficient (Wildman–Crippen LogP) is 1.71. The molecule has 1 aromatic carbocycles. The van der Waals surface area contributed by atoms with Crippen molar-refractivity contribution in [1.82, 2.24) is 0 Å². The van der Waals surface area contributed by atoms with Gasteiger partial charge < -0.3 is 20.1 Å². The molecule has 0 bridgehead atoms. The van der Waals surface area contributed by atoms with Crippen LogP contribution < -0.4 is 15.3 Å². The highest BCUT2D eigenvalue weighted by atomic mass is 16.6. The molecule has 1 atom stereocenters. The van der Waals surface area contributed by atoms with Gasteiger partial charge in [-0.15, -0.1) is 0 Å². The molecule has 6 nitrogen and oxygen atoms in total. The summed E-state index contributed by atoms with van der Waals surface area (Å²) in [6.45, 7) is 6.03. The van der Waals surface area contributed by atoms with Crippen molar-refractivity contribution in [3.8, 4) is 11.5 Å². The number of nitrogens with zero attached hydrogens (tertiary/aromatic N) is 1. The van der Waals surface area contributed by atoms with Gasteiger partial charge in [0, 0.05) is 0 Å². The summed E-state index contributed by atoms with van der Waals surface area (Å²) in [7, 11) is 0. The fourth-order valence-electron chi connectivity index (χ4n) is 1.55. The van der Waals surface area contributed by atoms with Crippen LogP contribution in [0.3, 0.4) is 0 Å². The van der Waals surface area contributed by atoms with Gasteiger partial charge in [0.05, 0.1) is 19.4 Å². The fourth-order valence-corrected chi connectivity index (χ4v) is 1.55. The molecule has 2 N–H and O–H groups in total. The van der Waals surface area contributed by atoms with Gasteiger partial charge in [-0.25, -0.2) is 4.79 Å². The molecule has 0 saturated heterocycles. The molecule has 0 fully saturated rings. The molecule has 0 amide bonds. The Bertz CT molecular complexity index is 474. The van der Waals surface area contributed by atoms with Crippen LogP contribution in [0.2, 0.25) is 0 Å². The average molecular weight is 280 g/mol. The zero-order valence-electron chi connectivity index (χ0n) is 12.0. The number of benzene rings is 1. The molecule has 20 heavy (non-hydrogen) atoms. The molecular weight excluding hydrogens is 260 g/mol. The van der Waals surface area contributed by atoms with E-state index in [1.807, 2.05) is 6.92 Å². The Morgan fingerprint density at radius 3 is 2.70 bits per heavy atom. The first-order valence-electron chi connectivity index (χ1n) is 6.45. The van der Waals surface area contributed by atoms with Gasteiger partial charge in [-0.1, -0.05) is 0 Å². The van der Waals surface area contributed by atoms with E-state index in [1.165, 1.54) is 6.21 Å². The molecule has 0 spiro atoms. The quantitative estimate of drug-likeness (QED) is 0.356. The molecule has 0 aliphatic rings. The monoisotopic (exact) mass is 280 g/mol. The second-order valence-corrected chi connectivity index (χ2v) is 3.93. The number of carbonyl (C=O) groups is 1. The molecule has 0 aromatic heterocycles. The van der Waals surface area contributed by atoms with Crippen LogP contribution in [-0.2, 0) is 9.53 Å². The number of nitrogens with two attached hydrogens (primary N) is 1. The molecule has 110 valence electrons. The maximum absolute atomic E-state index is 11.6. The van der Waals surface area contributed by atoms with E-state index in [4.69, 9.17) is 20.1 Å². The highest BCUT2D eigenvalue weighted by Gasteiger charge is 2.18. The van der Waals surface area contributed by atoms with Crippen LogP contribution in [0.4, 0.5) is 0 Å². The van der Waals surface area contributed by atoms with E-state index in [9.17, 15) is 4.79 Å². The molecule has 1 aromatic rings. The first-order valence-corrected chi connectivity index (χ1v) is 6.45.